The smallest absolute Gasteiger partial charge is 0.422 e. The summed E-state index contributed by atoms with van der Waals surface area (Å²) in [5.41, 5.74) is 1.27. The van der Waals surface area contributed by atoms with Crippen LogP contribution in [0.15, 0.2) is 36.8 Å². The Morgan fingerprint density at radius 3 is 2.46 bits per heavy atom. The van der Waals surface area contributed by atoms with E-state index >= 15 is 0 Å². The highest BCUT2D eigenvalue weighted by atomic mass is 16.4. The summed E-state index contributed by atoms with van der Waals surface area (Å²) in [4.78, 5) is 2.77. The van der Waals surface area contributed by atoms with E-state index in [9.17, 15) is 0 Å². The number of nitrogens with zero attached hydrogens (tertiary/aromatic N) is 1. The topological polar surface area (TPSA) is 61.2 Å². The monoisotopic (exact) mass is 176 g/mol. The molecular weight excluding hydrogens is 167 g/mol. The largest absolute Gasteiger partial charge is 0.505 e. The first-order valence-electron chi connectivity index (χ1n) is 3.95. The quantitative estimate of drug-likeness (QED) is 0.539. The number of nitrogens with one attached hydrogen (secondary N) is 1. The van der Waals surface area contributed by atoms with E-state index in [0.717, 1.165) is 5.69 Å². The van der Waals surface area contributed by atoms with Gasteiger partial charge in [-0.05, 0) is 18.2 Å². The molecule has 3 N–H and O–H groups in total. The molecule has 0 fully saturated rings. The van der Waals surface area contributed by atoms with Crippen LogP contribution in [0.2, 0.25) is 0 Å². The second-order valence-corrected chi connectivity index (χ2v) is 2.78. The van der Waals surface area contributed by atoms with Crippen LogP contribution in [0.4, 0.5) is 0 Å². The predicted octanol–water partition coefficient (Wildman–Crippen LogP) is -0.515. The van der Waals surface area contributed by atoms with E-state index in [4.69, 9.17) is 10.0 Å². The van der Waals surface area contributed by atoms with Crippen molar-refractivity contribution in [1.29, 1.82) is 0 Å². The zero-order valence-corrected chi connectivity index (χ0v) is 6.88. The van der Waals surface area contributed by atoms with Gasteiger partial charge in [0.1, 0.15) is 0 Å². The molecule has 0 atom stereocenters. The van der Waals surface area contributed by atoms with Crippen LogP contribution in [-0.2, 0) is 0 Å². The van der Waals surface area contributed by atoms with Crippen LogP contribution < -0.4 is 5.59 Å². The Hall–Kier alpha value is -1.46. The molecule has 0 aliphatic rings. The first-order chi connectivity index (χ1) is 6.27. The zero-order valence-electron chi connectivity index (χ0n) is 6.88. The van der Waals surface area contributed by atoms with Crippen LogP contribution in [0.25, 0.3) is 5.69 Å². The average molecular weight is 176 g/mol. The van der Waals surface area contributed by atoms with Gasteiger partial charge in [0, 0.05) is 24.2 Å². The SMILES string of the molecule is OB(O)c1cc(-n2cccc2)c[nH]1. The Balaban J connectivity index is 2.33. The van der Waals surface area contributed by atoms with E-state index in [-0.39, 0.29) is 0 Å². The van der Waals surface area contributed by atoms with E-state index in [1.807, 2.05) is 29.1 Å². The van der Waals surface area contributed by atoms with Gasteiger partial charge in [-0.2, -0.15) is 0 Å². The van der Waals surface area contributed by atoms with E-state index in [1.165, 1.54) is 0 Å². The lowest BCUT2D eigenvalue weighted by Crippen LogP contribution is -2.30. The molecule has 0 unspecified atom stereocenters. The fourth-order valence-electron chi connectivity index (χ4n) is 1.20. The van der Waals surface area contributed by atoms with Crippen molar-refractivity contribution in [2.75, 3.05) is 0 Å². The zero-order chi connectivity index (χ0) is 9.26. The fourth-order valence-corrected chi connectivity index (χ4v) is 1.20. The number of hydrogen-bond donors (Lipinski definition) is 3. The van der Waals surface area contributed by atoms with Gasteiger partial charge in [0.25, 0.3) is 0 Å². The molecule has 2 aromatic heterocycles. The van der Waals surface area contributed by atoms with Gasteiger partial charge in [-0.15, -0.1) is 0 Å². The molecule has 4 nitrogen and oxygen atoms in total. The molecule has 0 spiro atoms. The maximum absolute atomic E-state index is 8.85. The number of H-pyrrole nitrogens is 1. The number of rotatable bonds is 2. The van der Waals surface area contributed by atoms with Crippen molar-refractivity contribution in [2.45, 2.75) is 0 Å². The molecule has 2 rings (SSSR count). The van der Waals surface area contributed by atoms with Crippen LogP contribution >= 0.6 is 0 Å². The molecule has 0 aliphatic heterocycles. The molecule has 0 aromatic carbocycles. The van der Waals surface area contributed by atoms with Crippen molar-refractivity contribution in [3.8, 4) is 5.69 Å². The Bertz CT molecular complexity index is 381. The third-order valence-corrected chi connectivity index (χ3v) is 1.87. The molecule has 0 saturated heterocycles. The summed E-state index contributed by atoms with van der Waals surface area (Å²) in [5, 5.41) is 17.7. The van der Waals surface area contributed by atoms with Crippen LogP contribution in [0, 0.1) is 0 Å². The molecule has 0 bridgehead atoms. The summed E-state index contributed by atoms with van der Waals surface area (Å²) >= 11 is 0. The lowest BCUT2D eigenvalue weighted by atomic mass is 9.87. The minimum Gasteiger partial charge on any atom is -0.422 e. The van der Waals surface area contributed by atoms with E-state index < -0.39 is 7.12 Å². The van der Waals surface area contributed by atoms with Crippen molar-refractivity contribution >= 4 is 12.7 Å². The number of hydrogen-bond acceptors (Lipinski definition) is 2. The van der Waals surface area contributed by atoms with Gasteiger partial charge in [0.2, 0.25) is 0 Å². The second-order valence-electron chi connectivity index (χ2n) is 2.78. The predicted molar refractivity (Wildman–Crippen MR) is 49.9 cm³/mol. The lowest BCUT2D eigenvalue weighted by molar-refractivity contribution is 0.424. The minimum atomic E-state index is -1.44. The summed E-state index contributed by atoms with van der Waals surface area (Å²) in [5.74, 6) is 0. The first-order valence-corrected chi connectivity index (χ1v) is 3.95. The minimum absolute atomic E-state index is 0.392. The van der Waals surface area contributed by atoms with Crippen LogP contribution in [0.3, 0.4) is 0 Å². The highest BCUT2D eigenvalue weighted by molar-refractivity contribution is 6.57. The van der Waals surface area contributed by atoms with Crippen molar-refractivity contribution < 1.29 is 10.0 Å². The normalized spacial score (nSPS) is 10.3. The second kappa shape index (κ2) is 3.12. The molecule has 2 aromatic rings. The maximum Gasteiger partial charge on any atom is 0.505 e. The third kappa shape index (κ3) is 1.51. The lowest BCUT2D eigenvalue weighted by Gasteiger charge is -1.95. The number of aromatic nitrogens is 2. The fraction of sp³-hybridized carbons (Fsp3) is 0. The number of aromatic amines is 1. The third-order valence-electron chi connectivity index (χ3n) is 1.87. The Morgan fingerprint density at radius 1 is 1.23 bits per heavy atom. The highest BCUT2D eigenvalue weighted by Gasteiger charge is 2.13. The van der Waals surface area contributed by atoms with Crippen LogP contribution in [-0.4, -0.2) is 26.7 Å². The Labute approximate surface area is 75.6 Å². The summed E-state index contributed by atoms with van der Waals surface area (Å²) in [7, 11) is -1.44. The molecule has 2 heterocycles. The standard InChI is InChI=1S/C8H9BN2O2/c12-9(13)8-5-7(6-10-8)11-3-1-2-4-11/h1-6,10,12-13H. The van der Waals surface area contributed by atoms with Gasteiger partial charge < -0.3 is 19.6 Å². The van der Waals surface area contributed by atoms with Crippen molar-refractivity contribution in [1.82, 2.24) is 9.55 Å². The summed E-state index contributed by atoms with van der Waals surface area (Å²) in [6.07, 6.45) is 5.49. The molecule has 0 saturated carbocycles. The van der Waals surface area contributed by atoms with Crippen molar-refractivity contribution in [3.63, 3.8) is 0 Å². The van der Waals surface area contributed by atoms with Gasteiger partial charge in [-0.3, -0.25) is 0 Å². The molecule has 0 amide bonds. The Kier molecular flexibility index (Phi) is 1.96. The molecule has 66 valence electrons. The molecule has 0 radical (unpaired) electrons. The average Bonchev–Trinajstić information content (AvgIpc) is 2.75. The van der Waals surface area contributed by atoms with Crippen LogP contribution in [0.5, 0.6) is 0 Å². The molecule has 0 aliphatic carbocycles. The Morgan fingerprint density at radius 2 is 1.92 bits per heavy atom. The maximum atomic E-state index is 8.85. The van der Waals surface area contributed by atoms with Gasteiger partial charge in [0.15, 0.2) is 0 Å². The highest BCUT2D eigenvalue weighted by Crippen LogP contribution is 2.04. The van der Waals surface area contributed by atoms with Gasteiger partial charge in [-0.1, -0.05) is 0 Å². The molecule has 5 heteroatoms. The van der Waals surface area contributed by atoms with Gasteiger partial charge in [0.05, 0.1) is 5.69 Å². The van der Waals surface area contributed by atoms with Gasteiger partial charge in [-0.25, -0.2) is 0 Å². The van der Waals surface area contributed by atoms with Crippen LogP contribution in [0.1, 0.15) is 0 Å². The van der Waals surface area contributed by atoms with E-state index in [0.29, 0.717) is 5.59 Å². The summed E-state index contributed by atoms with van der Waals surface area (Å²) < 4.78 is 1.88. The van der Waals surface area contributed by atoms with E-state index in [1.54, 1.807) is 12.3 Å². The first kappa shape index (κ1) is 8.16. The molecule has 13 heavy (non-hydrogen) atoms. The summed E-state index contributed by atoms with van der Waals surface area (Å²) in [6, 6.07) is 5.49. The molecular formula is C8H9BN2O2. The van der Waals surface area contributed by atoms with Gasteiger partial charge >= 0.3 is 7.12 Å². The van der Waals surface area contributed by atoms with E-state index in [2.05, 4.69) is 4.98 Å². The van der Waals surface area contributed by atoms with Crippen molar-refractivity contribution in [3.05, 3.63) is 36.8 Å². The van der Waals surface area contributed by atoms with Crippen molar-refractivity contribution in [2.24, 2.45) is 0 Å². The summed E-state index contributed by atoms with van der Waals surface area (Å²) in [6.45, 7) is 0.